The topological polar surface area (TPSA) is 658 Å². The lowest BCUT2D eigenvalue weighted by Crippen LogP contribution is -2.19. The van der Waals surface area contributed by atoms with Gasteiger partial charge in [0.2, 0.25) is 0 Å². The number of azo groups is 5. The standard InChI is InChI=1S/C29H26N8O14S3.C25H23N5O10S3.O3S/c1-15-2-4-16(5-3-15)32-36-25-19(28(40)41)14-23(38)26(27(25)39)37-33-17-6-8-20(22(12-17)31-29(30)42)34-35-21-9-7-18(13-24(21)53(45,46)47)52(43,44)11-10-51-54(48,49)50;1-15-2-5-17(6-3-15)27-29-20-11-4-16-14-21(42(34,35)36)24(23(26)22(16)25(20)31)30-28-18-7-9-19(10-8-18)41(32,33)13-12-40-43(37,38)39;1-4(2)3/h2-9,12-14,38-39H,10-11H2,1H3,(H,40,41)(H3,30,31,42)(H,45,46,47)(H,48,49,50);2-11,14,31H,12-13,26H2,1H3,(H,34,35,36)(H,37,38,39);. The van der Waals surface area contributed by atoms with Crippen LogP contribution >= 0.6 is 0 Å². The summed E-state index contributed by atoms with van der Waals surface area (Å²) in [7, 11) is -31.4. The van der Waals surface area contributed by atoms with E-state index in [4.69, 9.17) is 33.2 Å². The molecule has 0 saturated heterocycles. The van der Waals surface area contributed by atoms with Crippen molar-refractivity contribution in [2.45, 2.75) is 33.4 Å². The predicted molar refractivity (Wildman–Crippen MR) is 351 cm³/mol. The van der Waals surface area contributed by atoms with Gasteiger partial charge in [0.25, 0.3) is 20.2 Å². The van der Waals surface area contributed by atoms with Gasteiger partial charge in [-0.05, 0) is 122 Å². The molecular formula is C54H49N13O27S7. The molecule has 8 aromatic rings. The number of primary amides is 1. The number of nitrogen functional groups attached to an aromatic ring is 1. The molecule has 0 aliphatic carbocycles. The lowest BCUT2D eigenvalue weighted by atomic mass is 10.1. The maximum absolute atomic E-state index is 12.6. The molecule has 2 amide bonds. The molecule has 0 unspecified atom stereocenters. The van der Waals surface area contributed by atoms with Gasteiger partial charge in [-0.1, -0.05) is 41.5 Å². The minimum Gasteiger partial charge on any atom is -0.505 e. The van der Waals surface area contributed by atoms with Crippen LogP contribution in [0.3, 0.4) is 0 Å². The first kappa shape index (κ1) is 79.0. The van der Waals surface area contributed by atoms with Crippen LogP contribution in [0.15, 0.2) is 204 Å². The molecule has 40 nitrogen and oxygen atoms in total. The summed E-state index contributed by atoms with van der Waals surface area (Å²) in [5.41, 5.74) is 10.6. The number of hydrogen-bond acceptors (Lipinski definition) is 33. The van der Waals surface area contributed by atoms with E-state index >= 15 is 0 Å². The van der Waals surface area contributed by atoms with Crippen LogP contribution in [0.5, 0.6) is 17.2 Å². The molecule has 534 valence electrons. The first-order valence-electron chi connectivity index (χ1n) is 26.9. The summed E-state index contributed by atoms with van der Waals surface area (Å²) in [6.45, 7) is 1.91. The number of carboxylic acid groups (broad SMARTS) is 1. The molecule has 8 aromatic carbocycles. The number of phenolic OH excluding ortho intramolecular Hbond substituents is 3. The van der Waals surface area contributed by atoms with Gasteiger partial charge >= 0.3 is 43.4 Å². The van der Waals surface area contributed by atoms with Crippen LogP contribution in [0, 0.1) is 13.8 Å². The number of aromatic carboxylic acids is 1. The first-order chi connectivity index (χ1) is 46.9. The van der Waals surface area contributed by atoms with E-state index in [1.54, 1.807) is 36.4 Å². The van der Waals surface area contributed by atoms with Gasteiger partial charge in [-0.3, -0.25) is 18.2 Å². The molecule has 0 fully saturated rings. The van der Waals surface area contributed by atoms with Gasteiger partial charge in [0, 0.05) is 0 Å². The molecule has 101 heavy (non-hydrogen) atoms. The molecule has 0 spiro atoms. The third-order valence-electron chi connectivity index (χ3n) is 12.5. The van der Waals surface area contributed by atoms with Gasteiger partial charge in [0.1, 0.15) is 44.0 Å². The number of aryl methyl sites for hydroxylation is 2. The Morgan fingerprint density at radius 3 is 1.39 bits per heavy atom. The second-order valence-electron chi connectivity index (χ2n) is 19.7. The Morgan fingerprint density at radius 2 is 0.891 bits per heavy atom. The number of phenols is 3. The summed E-state index contributed by atoms with van der Waals surface area (Å²) in [4.78, 5) is 20.9. The highest BCUT2D eigenvalue weighted by molar-refractivity contribution is 7.92. The average molecular weight is 1540 g/mol. The molecule has 47 heteroatoms. The van der Waals surface area contributed by atoms with Crippen molar-refractivity contribution in [2.75, 3.05) is 35.8 Å². The van der Waals surface area contributed by atoms with Gasteiger partial charge in [-0.25, -0.2) is 34.8 Å². The van der Waals surface area contributed by atoms with Gasteiger partial charge in [0.05, 0.1) is 79.6 Å². The maximum atomic E-state index is 12.6. The number of hydrogen-bond donors (Lipinski definition) is 11. The van der Waals surface area contributed by atoms with Crippen molar-refractivity contribution in [1.29, 1.82) is 0 Å². The van der Waals surface area contributed by atoms with Crippen molar-refractivity contribution in [3.8, 4) is 17.2 Å². The summed E-state index contributed by atoms with van der Waals surface area (Å²) in [6, 6.07) is 27.6. The van der Waals surface area contributed by atoms with Crippen LogP contribution in [0.4, 0.5) is 73.0 Å². The molecule has 0 bridgehead atoms. The van der Waals surface area contributed by atoms with Crippen LogP contribution in [0.2, 0.25) is 0 Å². The van der Waals surface area contributed by atoms with Crippen LogP contribution in [-0.2, 0) is 79.7 Å². The minimum atomic E-state index is -5.16. The number of carboxylic acids is 1. The van der Waals surface area contributed by atoms with Crippen molar-refractivity contribution >= 4 is 162 Å². The summed E-state index contributed by atoms with van der Waals surface area (Å²) >= 11 is 0. The van der Waals surface area contributed by atoms with Crippen LogP contribution in [0.25, 0.3) is 10.8 Å². The number of urea groups is 1. The Balaban J connectivity index is 0.000000308. The second-order valence-corrected chi connectivity index (χ2v) is 29.3. The van der Waals surface area contributed by atoms with E-state index in [0.717, 1.165) is 53.6 Å². The van der Waals surface area contributed by atoms with E-state index in [9.17, 15) is 89.6 Å². The Morgan fingerprint density at radius 1 is 0.475 bits per heavy atom. The Bertz CT molecular complexity index is 5560. The van der Waals surface area contributed by atoms with Crippen molar-refractivity contribution in [2.24, 2.45) is 56.9 Å². The monoisotopic (exact) mass is 1540 g/mol. The zero-order valence-electron chi connectivity index (χ0n) is 50.8. The lowest BCUT2D eigenvalue weighted by Gasteiger charge is -2.12. The smallest absolute Gasteiger partial charge is 0.425 e. The zero-order chi connectivity index (χ0) is 75.2. The highest BCUT2D eigenvalue weighted by atomic mass is 32.3. The molecule has 0 atom stereocenters. The number of amides is 2. The third kappa shape index (κ3) is 23.1. The Kier molecular flexibility index (Phi) is 25.7. The van der Waals surface area contributed by atoms with Gasteiger partial charge in [0.15, 0.2) is 36.9 Å². The van der Waals surface area contributed by atoms with Gasteiger partial charge in [-0.2, -0.15) is 54.1 Å². The zero-order valence-corrected chi connectivity index (χ0v) is 56.6. The number of carbonyl (C=O) groups excluding carboxylic acids is 1. The molecule has 0 aliphatic heterocycles. The molecule has 0 heterocycles. The van der Waals surface area contributed by atoms with Crippen molar-refractivity contribution < 1.29 is 120 Å². The summed E-state index contributed by atoms with van der Waals surface area (Å²) in [5, 5.41) is 83.0. The van der Waals surface area contributed by atoms with E-state index in [-0.39, 0.29) is 49.8 Å². The number of aromatic hydroxyl groups is 3. The normalized spacial score (nSPS) is 12.4. The van der Waals surface area contributed by atoms with E-state index in [2.05, 4.69) is 64.8 Å². The molecule has 0 radical (unpaired) electrons. The SMILES string of the molecule is Cc1ccc(N=Nc2c(C(=O)O)cc(O)c(N=Nc3ccc(N=Nc4ccc(S(=O)(=O)CCOS(=O)(=O)O)cc4S(=O)(=O)O)c(NC(N)=O)c3)c2O)cc1.Cc1ccc(N=Nc2ccc3cc(S(=O)(=O)O)c(N=Nc4ccc(S(=O)(=O)CCOS(=O)(=O)O)cc4)c(N)c3c2O)cc1.O=S(=O)=O. The number of anilines is 2. The highest BCUT2D eigenvalue weighted by Crippen LogP contribution is 2.48. The van der Waals surface area contributed by atoms with E-state index < -0.39 is 168 Å². The van der Waals surface area contributed by atoms with E-state index in [1.807, 2.05) is 26.0 Å². The van der Waals surface area contributed by atoms with Gasteiger partial charge in [-0.15, -0.1) is 43.3 Å². The Labute approximate surface area is 572 Å². The Hall–Kier alpha value is -11.0. The van der Waals surface area contributed by atoms with Gasteiger partial charge < -0.3 is 37.2 Å². The van der Waals surface area contributed by atoms with Crippen LogP contribution in [-0.4, -0.2) is 138 Å². The van der Waals surface area contributed by atoms with Crippen molar-refractivity contribution in [3.63, 3.8) is 0 Å². The number of nitrogens with zero attached hydrogens (tertiary/aromatic N) is 10. The number of benzene rings is 8. The number of fused-ring (bicyclic) bond motifs is 1. The highest BCUT2D eigenvalue weighted by Gasteiger charge is 2.27. The fourth-order valence-electron chi connectivity index (χ4n) is 7.94. The first-order valence-corrected chi connectivity index (χ1v) is 36.8. The molecule has 0 saturated carbocycles. The average Bonchev–Trinajstić information content (AvgIpc) is 0.762. The largest absolute Gasteiger partial charge is 0.505 e. The molecule has 0 aromatic heterocycles. The number of nitrogens with one attached hydrogen (secondary N) is 1. The molecule has 8 rings (SSSR count). The quantitative estimate of drug-likeness (QED) is 0.0152. The number of nitrogens with two attached hydrogens (primary N) is 2. The summed E-state index contributed by atoms with van der Waals surface area (Å²) in [5.74, 6) is -5.46. The minimum absolute atomic E-state index is 0.0149. The summed E-state index contributed by atoms with van der Waals surface area (Å²) in [6.07, 6.45) is 0. The fraction of sp³-hybridized carbons (Fsp3) is 0.111. The lowest BCUT2D eigenvalue weighted by molar-refractivity contribution is 0.0696. The van der Waals surface area contributed by atoms with Crippen LogP contribution in [0.1, 0.15) is 21.5 Å². The summed E-state index contributed by atoms with van der Waals surface area (Å²) < 4.78 is 211. The van der Waals surface area contributed by atoms with E-state index in [1.165, 1.54) is 36.4 Å². The fourth-order valence-corrected chi connectivity index (χ4v) is 12.3. The molecule has 13 N–H and O–H groups in total. The predicted octanol–water partition coefficient (Wildman–Crippen LogP) is 9.78. The van der Waals surface area contributed by atoms with Crippen molar-refractivity contribution in [3.05, 3.63) is 150 Å². The number of carbonyl (C=O) groups is 2. The maximum Gasteiger partial charge on any atom is 0.425 e. The van der Waals surface area contributed by atoms with E-state index in [0.29, 0.717) is 17.4 Å². The molecule has 0 aliphatic rings. The molecular weight excluding hydrogens is 1490 g/mol. The van der Waals surface area contributed by atoms with Crippen LogP contribution < -0.4 is 16.8 Å². The second kappa shape index (κ2) is 32.8. The van der Waals surface area contributed by atoms with Crippen molar-refractivity contribution in [1.82, 2.24) is 0 Å². The number of rotatable bonds is 24. The number of sulfone groups is 2. The third-order valence-corrected chi connectivity index (χ3v) is 18.6.